The van der Waals surface area contributed by atoms with Gasteiger partial charge in [0.25, 0.3) is 0 Å². The Bertz CT molecular complexity index is 340. The minimum atomic E-state index is 0.252. The van der Waals surface area contributed by atoms with E-state index in [0.29, 0.717) is 0 Å². The Morgan fingerprint density at radius 1 is 1.29 bits per heavy atom. The smallest absolute Gasteiger partial charge is 0.133 e. The lowest BCUT2D eigenvalue weighted by atomic mass is 10.3. The molecule has 5 nitrogen and oxygen atoms in total. The van der Waals surface area contributed by atoms with Gasteiger partial charge in [-0.1, -0.05) is 5.16 Å². The van der Waals surface area contributed by atoms with Crippen molar-refractivity contribution >= 4 is 0 Å². The highest BCUT2D eigenvalue weighted by Crippen LogP contribution is 2.09. The number of aliphatic hydroxyl groups is 1. The van der Waals surface area contributed by atoms with E-state index in [1.54, 1.807) is 0 Å². The van der Waals surface area contributed by atoms with Crippen molar-refractivity contribution in [2.24, 2.45) is 0 Å². The molecule has 1 aromatic rings. The first-order chi connectivity index (χ1) is 8.28. The van der Waals surface area contributed by atoms with E-state index in [4.69, 9.17) is 9.63 Å². The molecule has 0 atom stereocenters. The number of β-amino-alcohol motifs (C(OH)–C–C–N with tert-alkyl or cyclic N) is 1. The second-order valence-electron chi connectivity index (χ2n) is 4.62. The van der Waals surface area contributed by atoms with Gasteiger partial charge in [-0.15, -0.1) is 0 Å². The fourth-order valence-electron chi connectivity index (χ4n) is 2.27. The molecule has 1 N–H and O–H groups in total. The van der Waals surface area contributed by atoms with E-state index in [1.807, 2.05) is 13.0 Å². The lowest BCUT2D eigenvalue weighted by molar-refractivity contribution is 0.195. The van der Waals surface area contributed by atoms with Gasteiger partial charge in [0.2, 0.25) is 0 Å². The molecule has 1 fully saturated rings. The van der Waals surface area contributed by atoms with E-state index in [2.05, 4.69) is 15.0 Å². The Balaban J connectivity index is 1.82. The summed E-state index contributed by atoms with van der Waals surface area (Å²) in [4.78, 5) is 4.71. The first-order valence-electron chi connectivity index (χ1n) is 6.25. The summed E-state index contributed by atoms with van der Waals surface area (Å²) in [6.45, 7) is 8.05. The topological polar surface area (TPSA) is 52.7 Å². The molecule has 0 aliphatic carbocycles. The van der Waals surface area contributed by atoms with Crippen molar-refractivity contribution < 1.29 is 9.63 Å². The van der Waals surface area contributed by atoms with Gasteiger partial charge in [0.05, 0.1) is 12.3 Å². The summed E-state index contributed by atoms with van der Waals surface area (Å²) in [6, 6.07) is 2.00. The molecule has 0 amide bonds. The van der Waals surface area contributed by atoms with Crippen molar-refractivity contribution in [3.05, 3.63) is 17.5 Å². The van der Waals surface area contributed by atoms with Crippen LogP contribution in [0.3, 0.4) is 0 Å². The van der Waals surface area contributed by atoms with Gasteiger partial charge in [0.15, 0.2) is 0 Å². The number of hydrogen-bond donors (Lipinski definition) is 1. The van der Waals surface area contributed by atoms with Crippen LogP contribution in [0.5, 0.6) is 0 Å². The predicted molar refractivity (Wildman–Crippen MR) is 64.7 cm³/mol. The molecule has 0 aromatic carbocycles. The van der Waals surface area contributed by atoms with E-state index in [9.17, 15) is 0 Å². The molecule has 17 heavy (non-hydrogen) atoms. The Morgan fingerprint density at radius 2 is 2.06 bits per heavy atom. The van der Waals surface area contributed by atoms with Gasteiger partial charge in [0.1, 0.15) is 5.76 Å². The third-order valence-electron chi connectivity index (χ3n) is 3.16. The van der Waals surface area contributed by atoms with Crippen molar-refractivity contribution in [2.45, 2.75) is 19.9 Å². The van der Waals surface area contributed by atoms with Crippen LogP contribution in [0, 0.1) is 6.92 Å². The van der Waals surface area contributed by atoms with Crippen LogP contribution in [0.1, 0.15) is 17.9 Å². The van der Waals surface area contributed by atoms with Crippen molar-refractivity contribution in [3.63, 3.8) is 0 Å². The van der Waals surface area contributed by atoms with Gasteiger partial charge in [-0.2, -0.15) is 0 Å². The second-order valence-corrected chi connectivity index (χ2v) is 4.62. The lowest BCUT2D eigenvalue weighted by Gasteiger charge is -2.20. The molecular formula is C12H21N3O2. The van der Waals surface area contributed by atoms with Gasteiger partial charge < -0.3 is 9.63 Å². The molecule has 2 heterocycles. The van der Waals surface area contributed by atoms with Crippen LogP contribution < -0.4 is 0 Å². The number of nitrogens with zero attached hydrogens (tertiary/aromatic N) is 3. The van der Waals surface area contributed by atoms with Crippen LogP contribution in [0.15, 0.2) is 10.6 Å². The van der Waals surface area contributed by atoms with Crippen molar-refractivity contribution in [2.75, 3.05) is 39.3 Å². The Kier molecular flexibility index (Phi) is 4.53. The Morgan fingerprint density at radius 3 is 2.76 bits per heavy atom. The van der Waals surface area contributed by atoms with Crippen molar-refractivity contribution in [1.29, 1.82) is 0 Å². The summed E-state index contributed by atoms with van der Waals surface area (Å²) in [6.07, 6.45) is 1.15. The zero-order chi connectivity index (χ0) is 12.1. The quantitative estimate of drug-likeness (QED) is 0.828. The van der Waals surface area contributed by atoms with Crippen LogP contribution in [0.2, 0.25) is 0 Å². The van der Waals surface area contributed by atoms with Crippen LogP contribution in [-0.4, -0.2) is 59.4 Å². The van der Waals surface area contributed by atoms with E-state index in [-0.39, 0.29) is 6.61 Å². The summed E-state index contributed by atoms with van der Waals surface area (Å²) in [7, 11) is 0. The van der Waals surface area contributed by atoms with Gasteiger partial charge in [0, 0.05) is 32.2 Å². The van der Waals surface area contributed by atoms with Gasteiger partial charge in [-0.25, -0.2) is 0 Å². The molecule has 0 radical (unpaired) electrons. The van der Waals surface area contributed by atoms with E-state index in [1.165, 1.54) is 0 Å². The zero-order valence-corrected chi connectivity index (χ0v) is 10.4. The molecule has 0 unspecified atom stereocenters. The lowest BCUT2D eigenvalue weighted by Crippen LogP contribution is -2.32. The van der Waals surface area contributed by atoms with Gasteiger partial charge in [-0.3, -0.25) is 9.80 Å². The summed E-state index contributed by atoms with van der Waals surface area (Å²) in [5, 5.41) is 13.0. The Hall–Kier alpha value is -0.910. The van der Waals surface area contributed by atoms with Gasteiger partial charge in [-0.05, 0) is 26.4 Å². The van der Waals surface area contributed by atoms with E-state index < -0.39 is 0 Å². The number of aryl methyl sites for hydroxylation is 1. The molecule has 0 saturated carbocycles. The van der Waals surface area contributed by atoms with Crippen molar-refractivity contribution in [1.82, 2.24) is 15.0 Å². The van der Waals surface area contributed by atoms with Gasteiger partial charge >= 0.3 is 0 Å². The zero-order valence-electron chi connectivity index (χ0n) is 10.4. The molecule has 1 aromatic heterocycles. The number of aromatic nitrogens is 1. The van der Waals surface area contributed by atoms with Crippen LogP contribution in [-0.2, 0) is 6.54 Å². The van der Waals surface area contributed by atoms with E-state index in [0.717, 1.165) is 57.1 Å². The third-order valence-corrected chi connectivity index (χ3v) is 3.16. The maximum atomic E-state index is 8.94. The standard InChI is InChI=1S/C12H21N3O2/c1-11-9-12(13-17-11)10-15-4-2-3-14(5-6-15)7-8-16/h9,16H,2-8,10H2,1H3. The fourth-order valence-corrected chi connectivity index (χ4v) is 2.27. The van der Waals surface area contributed by atoms with E-state index >= 15 is 0 Å². The van der Waals surface area contributed by atoms with Crippen LogP contribution in [0.25, 0.3) is 0 Å². The second kappa shape index (κ2) is 6.14. The number of rotatable bonds is 4. The number of aliphatic hydroxyl groups excluding tert-OH is 1. The predicted octanol–water partition coefficient (Wildman–Crippen LogP) is 0.483. The largest absolute Gasteiger partial charge is 0.395 e. The minimum absolute atomic E-state index is 0.252. The first kappa shape index (κ1) is 12.5. The molecule has 2 rings (SSSR count). The monoisotopic (exact) mass is 239 g/mol. The molecule has 1 aliphatic heterocycles. The molecular weight excluding hydrogens is 218 g/mol. The molecule has 5 heteroatoms. The minimum Gasteiger partial charge on any atom is -0.395 e. The molecule has 96 valence electrons. The highest BCUT2D eigenvalue weighted by molar-refractivity contribution is 5.03. The molecule has 0 spiro atoms. The third kappa shape index (κ3) is 3.80. The molecule has 1 saturated heterocycles. The number of hydrogen-bond acceptors (Lipinski definition) is 5. The van der Waals surface area contributed by atoms with Crippen LogP contribution in [0.4, 0.5) is 0 Å². The summed E-state index contributed by atoms with van der Waals surface area (Å²) >= 11 is 0. The molecule has 1 aliphatic rings. The maximum Gasteiger partial charge on any atom is 0.133 e. The summed E-state index contributed by atoms with van der Waals surface area (Å²) in [5.41, 5.74) is 1.01. The van der Waals surface area contributed by atoms with Crippen LogP contribution >= 0.6 is 0 Å². The first-order valence-corrected chi connectivity index (χ1v) is 6.25. The van der Waals surface area contributed by atoms with Crippen molar-refractivity contribution in [3.8, 4) is 0 Å². The highest BCUT2D eigenvalue weighted by atomic mass is 16.5. The average molecular weight is 239 g/mol. The normalized spacial score (nSPS) is 19.4. The SMILES string of the molecule is Cc1cc(CN2CCCN(CCO)CC2)no1. The summed E-state index contributed by atoms with van der Waals surface area (Å²) < 4.78 is 5.08. The molecule has 0 bridgehead atoms. The average Bonchev–Trinajstić information content (AvgIpc) is 2.58. The maximum absolute atomic E-state index is 8.94. The Labute approximate surface area is 102 Å². The fraction of sp³-hybridized carbons (Fsp3) is 0.750. The highest BCUT2D eigenvalue weighted by Gasteiger charge is 2.15. The summed E-state index contributed by atoms with van der Waals surface area (Å²) in [5.74, 6) is 0.872.